The predicted molar refractivity (Wildman–Crippen MR) is 99.8 cm³/mol. The third-order valence-electron chi connectivity index (χ3n) is 3.91. The summed E-state index contributed by atoms with van der Waals surface area (Å²) in [6.07, 6.45) is 3.86. The average molecular weight is 345 g/mol. The first-order valence-corrected chi connectivity index (χ1v) is 8.52. The van der Waals surface area contributed by atoms with E-state index in [-0.39, 0.29) is 22.7 Å². The van der Waals surface area contributed by atoms with Gasteiger partial charge in [0.2, 0.25) is 0 Å². The summed E-state index contributed by atoms with van der Waals surface area (Å²) in [5.41, 5.74) is 1.89. The molecule has 128 valence electrons. The molecule has 0 saturated heterocycles. The van der Waals surface area contributed by atoms with Crippen molar-refractivity contribution in [2.24, 2.45) is 21.1 Å². The molecule has 24 heavy (non-hydrogen) atoms. The van der Waals surface area contributed by atoms with Crippen LogP contribution in [0.2, 0.25) is 5.02 Å². The molecule has 0 spiro atoms. The quantitative estimate of drug-likeness (QED) is 0.579. The minimum Gasteiger partial charge on any atom is -0.289 e. The van der Waals surface area contributed by atoms with Crippen LogP contribution in [0.25, 0.3) is 0 Å². The van der Waals surface area contributed by atoms with Gasteiger partial charge in [0.05, 0.1) is 5.69 Å². The van der Waals surface area contributed by atoms with Gasteiger partial charge in [0.15, 0.2) is 5.78 Å². The van der Waals surface area contributed by atoms with Gasteiger partial charge in [0, 0.05) is 16.2 Å². The van der Waals surface area contributed by atoms with Crippen molar-refractivity contribution >= 4 is 23.1 Å². The number of Topliss-reactive ketones (excluding diaryl/α,β-unsaturated/α-hetero) is 1. The Hall–Kier alpha value is -1.74. The number of ketones is 1. The maximum atomic E-state index is 12.9. The Morgan fingerprint density at radius 2 is 1.33 bits per heavy atom. The highest BCUT2D eigenvalue weighted by Crippen LogP contribution is 2.38. The number of allylic oxidation sites excluding steroid dienone is 2. The maximum absolute atomic E-state index is 12.9. The van der Waals surface area contributed by atoms with E-state index in [1.807, 2.05) is 24.3 Å². The van der Waals surface area contributed by atoms with Gasteiger partial charge < -0.3 is 0 Å². The molecule has 0 fully saturated rings. The van der Waals surface area contributed by atoms with E-state index in [1.165, 1.54) is 0 Å². The number of hydrogen-bond donors (Lipinski definition) is 0. The van der Waals surface area contributed by atoms with Gasteiger partial charge in [0.25, 0.3) is 0 Å². The fourth-order valence-electron chi connectivity index (χ4n) is 2.58. The molecule has 1 aliphatic carbocycles. The fraction of sp³-hybridized carbons (Fsp3) is 0.450. The van der Waals surface area contributed by atoms with Crippen LogP contribution in [0.15, 0.2) is 57.8 Å². The van der Waals surface area contributed by atoms with Crippen molar-refractivity contribution in [1.29, 1.82) is 0 Å². The first-order chi connectivity index (χ1) is 11.0. The molecule has 0 unspecified atom stereocenters. The molecule has 0 amide bonds. The van der Waals surface area contributed by atoms with Crippen LogP contribution in [0.1, 0.15) is 41.5 Å². The minimum absolute atomic E-state index is 0.118. The summed E-state index contributed by atoms with van der Waals surface area (Å²) in [6, 6.07) is 6.98. The number of nitrogens with zero attached hydrogens (tertiary/aromatic N) is 2. The van der Waals surface area contributed by atoms with Gasteiger partial charge in [-0.25, -0.2) is 0 Å². The van der Waals surface area contributed by atoms with Crippen molar-refractivity contribution in [2.45, 2.75) is 47.6 Å². The summed E-state index contributed by atoms with van der Waals surface area (Å²) < 4.78 is 0. The van der Waals surface area contributed by atoms with Crippen LogP contribution < -0.4 is 0 Å². The van der Waals surface area contributed by atoms with Crippen molar-refractivity contribution in [3.63, 3.8) is 0 Å². The topological polar surface area (TPSA) is 41.8 Å². The molecule has 1 aromatic rings. The molecule has 0 atom stereocenters. The van der Waals surface area contributed by atoms with Gasteiger partial charge in [-0.3, -0.25) is 4.79 Å². The lowest BCUT2D eigenvalue weighted by atomic mass is 9.72. The summed E-state index contributed by atoms with van der Waals surface area (Å²) in [5.74, 6) is 0.118. The Labute approximate surface area is 149 Å². The minimum atomic E-state index is -0.234. The highest BCUT2D eigenvalue weighted by atomic mass is 35.5. The second kappa shape index (κ2) is 6.64. The molecule has 2 rings (SSSR count). The lowest BCUT2D eigenvalue weighted by Gasteiger charge is -2.32. The van der Waals surface area contributed by atoms with Crippen LogP contribution in [0.5, 0.6) is 0 Å². The molecule has 1 aliphatic rings. The van der Waals surface area contributed by atoms with E-state index >= 15 is 0 Å². The van der Waals surface area contributed by atoms with E-state index in [0.717, 1.165) is 16.8 Å². The number of azo groups is 1. The van der Waals surface area contributed by atoms with E-state index in [1.54, 1.807) is 12.1 Å². The van der Waals surface area contributed by atoms with Crippen LogP contribution >= 0.6 is 11.6 Å². The van der Waals surface area contributed by atoms with E-state index in [9.17, 15) is 4.79 Å². The van der Waals surface area contributed by atoms with Gasteiger partial charge in [-0.15, -0.1) is 0 Å². The first kappa shape index (κ1) is 18.6. The van der Waals surface area contributed by atoms with E-state index in [0.29, 0.717) is 5.02 Å². The summed E-state index contributed by atoms with van der Waals surface area (Å²) in [6.45, 7) is 12.3. The third kappa shape index (κ3) is 4.41. The summed E-state index contributed by atoms with van der Waals surface area (Å²) >= 11 is 5.89. The van der Waals surface area contributed by atoms with Crippen molar-refractivity contribution in [2.75, 3.05) is 0 Å². The van der Waals surface area contributed by atoms with Gasteiger partial charge in [0.1, 0.15) is 6.04 Å². The van der Waals surface area contributed by atoms with Crippen LogP contribution in [-0.2, 0) is 4.79 Å². The average Bonchev–Trinajstić information content (AvgIpc) is 2.45. The molecule has 0 aromatic heterocycles. The zero-order valence-electron chi connectivity index (χ0n) is 15.2. The third-order valence-corrected chi connectivity index (χ3v) is 4.17. The number of hydrogen-bond acceptors (Lipinski definition) is 3. The summed E-state index contributed by atoms with van der Waals surface area (Å²) in [4.78, 5) is 12.9. The lowest BCUT2D eigenvalue weighted by molar-refractivity contribution is -0.114. The van der Waals surface area contributed by atoms with Crippen LogP contribution in [0.4, 0.5) is 5.69 Å². The molecule has 0 radical (unpaired) electrons. The number of carbonyl (C=O) groups is 1. The molecule has 0 bridgehead atoms. The van der Waals surface area contributed by atoms with Gasteiger partial charge >= 0.3 is 0 Å². The van der Waals surface area contributed by atoms with Crippen molar-refractivity contribution < 1.29 is 4.79 Å². The number of carbonyl (C=O) groups excluding carboxylic acids is 1. The van der Waals surface area contributed by atoms with E-state index in [2.05, 4.69) is 51.8 Å². The first-order valence-electron chi connectivity index (χ1n) is 8.14. The second-order valence-electron chi connectivity index (χ2n) is 8.17. The molecule has 0 heterocycles. The maximum Gasteiger partial charge on any atom is 0.185 e. The second-order valence-corrected chi connectivity index (χ2v) is 8.61. The Morgan fingerprint density at radius 3 is 1.75 bits per heavy atom. The van der Waals surface area contributed by atoms with Crippen LogP contribution in [-0.4, -0.2) is 11.8 Å². The van der Waals surface area contributed by atoms with Crippen LogP contribution in [0.3, 0.4) is 0 Å². The van der Waals surface area contributed by atoms with Gasteiger partial charge in [-0.2, -0.15) is 10.2 Å². The molecule has 3 nitrogen and oxygen atoms in total. The number of benzene rings is 1. The Bertz CT molecular complexity index is 679. The number of rotatable bonds is 2. The van der Waals surface area contributed by atoms with E-state index in [4.69, 9.17) is 11.6 Å². The largest absolute Gasteiger partial charge is 0.289 e. The van der Waals surface area contributed by atoms with Crippen LogP contribution in [0, 0.1) is 10.8 Å². The van der Waals surface area contributed by atoms with Crippen molar-refractivity contribution in [3.05, 3.63) is 52.6 Å². The molecule has 0 saturated carbocycles. The fourth-order valence-corrected chi connectivity index (χ4v) is 2.70. The summed E-state index contributed by atoms with van der Waals surface area (Å²) in [7, 11) is 0. The highest BCUT2D eigenvalue weighted by Gasteiger charge is 2.35. The number of halogens is 1. The van der Waals surface area contributed by atoms with Gasteiger partial charge in [-0.1, -0.05) is 53.1 Å². The van der Waals surface area contributed by atoms with Crippen molar-refractivity contribution in [3.8, 4) is 0 Å². The Balaban J connectivity index is 2.39. The molecular weight excluding hydrogens is 320 g/mol. The van der Waals surface area contributed by atoms with E-state index < -0.39 is 0 Å². The standard InChI is InChI=1S/C20H25ClN2O/c1-19(2,3)16-11-15(12-17(18(16)24)20(4,5)6)23-22-14-9-7-13(21)8-10-14/h7-12,15H,1-6H3. The van der Waals surface area contributed by atoms with Crippen molar-refractivity contribution in [1.82, 2.24) is 0 Å². The van der Waals surface area contributed by atoms with Gasteiger partial charge in [-0.05, 0) is 47.2 Å². The lowest BCUT2D eigenvalue weighted by Crippen LogP contribution is -2.30. The predicted octanol–water partition coefficient (Wildman–Crippen LogP) is 6.32. The molecule has 0 aliphatic heterocycles. The highest BCUT2D eigenvalue weighted by molar-refractivity contribution is 6.30. The Morgan fingerprint density at radius 1 is 0.875 bits per heavy atom. The molecule has 4 heteroatoms. The smallest absolute Gasteiger partial charge is 0.185 e. The molecule has 0 N–H and O–H groups in total. The Kier molecular flexibility index (Phi) is 5.14. The summed E-state index contributed by atoms with van der Waals surface area (Å²) in [5, 5.41) is 9.39. The zero-order chi connectivity index (χ0) is 18.1. The monoisotopic (exact) mass is 344 g/mol. The normalized spacial score (nSPS) is 17.2. The molecular formula is C20H25ClN2O. The zero-order valence-corrected chi connectivity index (χ0v) is 16.0. The molecule has 1 aromatic carbocycles. The SMILES string of the molecule is CC(C)(C)C1=CC(N=Nc2ccc(Cl)cc2)C=C(C(C)(C)C)C1=O.